The van der Waals surface area contributed by atoms with Crippen LogP contribution in [0, 0.1) is 11.3 Å². The van der Waals surface area contributed by atoms with Crippen molar-refractivity contribution in [1.82, 2.24) is 0 Å². The van der Waals surface area contributed by atoms with Gasteiger partial charge >= 0.3 is 0 Å². The van der Waals surface area contributed by atoms with Crippen molar-refractivity contribution in [1.29, 1.82) is 5.26 Å². The molecule has 26 heavy (non-hydrogen) atoms. The summed E-state index contributed by atoms with van der Waals surface area (Å²) >= 11 is 12.0. The van der Waals surface area contributed by atoms with Crippen LogP contribution in [0.15, 0.2) is 72.8 Å². The van der Waals surface area contributed by atoms with Crippen LogP contribution in [-0.4, -0.2) is 0 Å². The molecule has 4 heteroatoms. The van der Waals surface area contributed by atoms with Gasteiger partial charge in [-0.25, -0.2) is 0 Å². The van der Waals surface area contributed by atoms with Crippen LogP contribution in [0.3, 0.4) is 0 Å². The topological polar surface area (TPSA) is 33.0 Å². The molecule has 3 aromatic rings. The molecule has 3 rings (SSSR count). The number of hydrogen-bond donors (Lipinski definition) is 0. The molecule has 0 aromatic heterocycles. The fourth-order valence-corrected chi connectivity index (χ4v) is 2.71. The summed E-state index contributed by atoms with van der Waals surface area (Å²) in [5.41, 5.74) is 3.26. The first kappa shape index (κ1) is 18.1. The summed E-state index contributed by atoms with van der Waals surface area (Å²) in [6, 6.07) is 24.9. The van der Waals surface area contributed by atoms with E-state index in [-0.39, 0.29) is 0 Å². The van der Waals surface area contributed by atoms with Gasteiger partial charge in [0, 0.05) is 0 Å². The van der Waals surface area contributed by atoms with Gasteiger partial charge in [-0.15, -0.1) is 0 Å². The molecule has 0 heterocycles. The van der Waals surface area contributed by atoms with Crippen molar-refractivity contribution in [3.63, 3.8) is 0 Å². The Morgan fingerprint density at radius 2 is 1.65 bits per heavy atom. The normalized spacial score (nSPS) is 11.0. The lowest BCUT2D eigenvalue weighted by atomic mass is 10.0. The Bertz CT molecular complexity index is 958. The Morgan fingerprint density at radius 1 is 0.923 bits per heavy atom. The highest BCUT2D eigenvalue weighted by Gasteiger charge is 2.05. The Hall–Kier alpha value is -2.73. The lowest BCUT2D eigenvalue weighted by Gasteiger charge is -2.07. The first-order valence-corrected chi connectivity index (χ1v) is 8.75. The third-order valence-electron chi connectivity index (χ3n) is 3.79. The lowest BCUT2D eigenvalue weighted by molar-refractivity contribution is 0.306. The summed E-state index contributed by atoms with van der Waals surface area (Å²) in [6.45, 7) is 0.517. The average molecular weight is 380 g/mol. The highest BCUT2D eigenvalue weighted by Crippen LogP contribution is 2.27. The van der Waals surface area contributed by atoms with Crippen LogP contribution in [0.25, 0.3) is 11.6 Å². The molecule has 0 unspecified atom stereocenters. The van der Waals surface area contributed by atoms with E-state index in [1.54, 1.807) is 24.3 Å². The third kappa shape index (κ3) is 4.67. The van der Waals surface area contributed by atoms with Gasteiger partial charge in [0.15, 0.2) is 0 Å². The van der Waals surface area contributed by atoms with Gasteiger partial charge in [0.05, 0.1) is 21.7 Å². The van der Waals surface area contributed by atoms with Crippen LogP contribution < -0.4 is 4.74 Å². The lowest BCUT2D eigenvalue weighted by Crippen LogP contribution is -1.94. The highest BCUT2D eigenvalue weighted by molar-refractivity contribution is 6.42. The molecule has 0 atom stereocenters. The predicted molar refractivity (Wildman–Crippen MR) is 107 cm³/mol. The fourth-order valence-electron chi connectivity index (χ4n) is 2.41. The van der Waals surface area contributed by atoms with Crippen LogP contribution in [0.5, 0.6) is 5.75 Å². The average Bonchev–Trinajstić information content (AvgIpc) is 2.68. The zero-order valence-corrected chi connectivity index (χ0v) is 15.3. The monoisotopic (exact) mass is 379 g/mol. The first-order valence-electron chi connectivity index (χ1n) is 8.00. The van der Waals surface area contributed by atoms with Crippen LogP contribution in [-0.2, 0) is 6.61 Å². The van der Waals surface area contributed by atoms with Gasteiger partial charge < -0.3 is 4.74 Å². The maximum Gasteiger partial charge on any atom is 0.119 e. The minimum Gasteiger partial charge on any atom is -0.489 e. The highest BCUT2D eigenvalue weighted by atomic mass is 35.5. The smallest absolute Gasteiger partial charge is 0.119 e. The fraction of sp³-hybridized carbons (Fsp3) is 0.0455. The van der Waals surface area contributed by atoms with E-state index in [9.17, 15) is 5.26 Å². The Morgan fingerprint density at radius 3 is 2.31 bits per heavy atom. The minimum atomic E-state index is 0.426. The van der Waals surface area contributed by atoms with Crippen molar-refractivity contribution in [3.8, 4) is 11.8 Å². The number of rotatable bonds is 5. The molecule has 128 valence electrons. The molecule has 0 bridgehead atoms. The van der Waals surface area contributed by atoms with Crippen LogP contribution in [0.1, 0.15) is 16.7 Å². The van der Waals surface area contributed by atoms with Crippen LogP contribution in [0.4, 0.5) is 0 Å². The van der Waals surface area contributed by atoms with Crippen molar-refractivity contribution in [2.45, 2.75) is 6.61 Å². The first-order chi connectivity index (χ1) is 12.7. The number of ether oxygens (including phenoxy) is 1. The van der Waals surface area contributed by atoms with E-state index in [0.717, 1.165) is 22.4 Å². The summed E-state index contributed by atoms with van der Waals surface area (Å²) in [7, 11) is 0. The van der Waals surface area contributed by atoms with Gasteiger partial charge in [-0.2, -0.15) is 5.26 Å². The van der Waals surface area contributed by atoms with Crippen LogP contribution in [0.2, 0.25) is 10.0 Å². The zero-order valence-electron chi connectivity index (χ0n) is 13.8. The standard InChI is InChI=1S/C22H15Cl2NO/c23-21-11-8-18(13-22(21)24)19(14-25)12-16-6-9-20(10-7-16)26-15-17-4-2-1-3-5-17/h1-13H,15H2/b19-12-. The number of nitrogens with zero attached hydrogens (tertiary/aromatic N) is 1. The van der Waals surface area contributed by atoms with Gasteiger partial charge in [-0.3, -0.25) is 0 Å². The van der Waals surface area contributed by atoms with Crippen molar-refractivity contribution in [3.05, 3.63) is 99.5 Å². The number of allylic oxidation sites excluding steroid dienone is 1. The van der Waals surface area contributed by atoms with Gasteiger partial charge in [0.25, 0.3) is 0 Å². The molecule has 0 aliphatic carbocycles. The van der Waals surface area contributed by atoms with Gasteiger partial charge in [0.1, 0.15) is 12.4 Å². The van der Waals surface area contributed by atoms with Crippen molar-refractivity contribution in [2.75, 3.05) is 0 Å². The molecule has 0 aliphatic rings. The molecule has 0 radical (unpaired) electrons. The maximum atomic E-state index is 9.45. The molecule has 0 aliphatic heterocycles. The SMILES string of the molecule is N#C/C(=C/c1ccc(OCc2ccccc2)cc1)c1ccc(Cl)c(Cl)c1. The van der Waals surface area contributed by atoms with Crippen molar-refractivity contribution in [2.24, 2.45) is 0 Å². The summed E-state index contributed by atoms with van der Waals surface area (Å²) < 4.78 is 5.77. The largest absolute Gasteiger partial charge is 0.489 e. The van der Waals surface area contributed by atoms with Crippen LogP contribution >= 0.6 is 23.2 Å². The Kier molecular flexibility index (Phi) is 5.96. The number of hydrogen-bond acceptors (Lipinski definition) is 2. The van der Waals surface area contributed by atoms with E-state index in [4.69, 9.17) is 27.9 Å². The Balaban J connectivity index is 1.73. The molecule has 0 saturated carbocycles. The Labute approximate surface area is 162 Å². The molecule has 2 nitrogen and oxygen atoms in total. The summed E-state index contributed by atoms with van der Waals surface area (Å²) in [4.78, 5) is 0. The van der Waals surface area contributed by atoms with Gasteiger partial charge in [-0.1, -0.05) is 71.7 Å². The van der Waals surface area contributed by atoms with Crippen molar-refractivity contribution < 1.29 is 4.74 Å². The quantitative estimate of drug-likeness (QED) is 0.367. The molecular weight excluding hydrogens is 365 g/mol. The molecule has 0 amide bonds. The van der Waals surface area contributed by atoms with E-state index < -0.39 is 0 Å². The van der Waals surface area contributed by atoms with Gasteiger partial charge in [0.2, 0.25) is 0 Å². The second-order valence-electron chi connectivity index (χ2n) is 5.64. The molecule has 0 fully saturated rings. The molecule has 0 spiro atoms. The number of nitriles is 1. The van der Waals surface area contributed by atoms with E-state index in [1.165, 1.54) is 0 Å². The van der Waals surface area contributed by atoms with E-state index >= 15 is 0 Å². The summed E-state index contributed by atoms with van der Waals surface area (Å²) in [5.74, 6) is 0.777. The number of halogens is 2. The summed E-state index contributed by atoms with van der Waals surface area (Å²) in [6.07, 6.45) is 1.81. The zero-order chi connectivity index (χ0) is 18.4. The summed E-state index contributed by atoms with van der Waals surface area (Å²) in [5, 5.41) is 10.3. The van der Waals surface area contributed by atoms with E-state index in [0.29, 0.717) is 22.2 Å². The van der Waals surface area contributed by atoms with Crippen molar-refractivity contribution >= 4 is 34.9 Å². The molecule has 0 saturated heterocycles. The molecular formula is C22H15Cl2NO. The van der Waals surface area contributed by atoms with E-state index in [2.05, 4.69) is 6.07 Å². The molecule has 0 N–H and O–H groups in total. The van der Waals surface area contributed by atoms with E-state index in [1.807, 2.05) is 54.6 Å². The number of benzene rings is 3. The second-order valence-corrected chi connectivity index (χ2v) is 6.46. The minimum absolute atomic E-state index is 0.426. The predicted octanol–water partition coefficient (Wildman–Crippen LogP) is 6.64. The van der Waals surface area contributed by atoms with Gasteiger partial charge in [-0.05, 0) is 47.0 Å². The maximum absolute atomic E-state index is 9.45. The molecule has 3 aromatic carbocycles. The second kappa shape index (κ2) is 8.58. The third-order valence-corrected chi connectivity index (χ3v) is 4.53.